The zero-order chi connectivity index (χ0) is 21.3. The Kier molecular flexibility index (Phi) is 5.38. The predicted molar refractivity (Wildman–Crippen MR) is 100.0 cm³/mol. The van der Waals surface area contributed by atoms with Crippen molar-refractivity contribution in [2.45, 2.75) is 12.8 Å². The molecule has 1 fully saturated rings. The predicted octanol–water partition coefficient (Wildman–Crippen LogP) is 3.17. The summed E-state index contributed by atoms with van der Waals surface area (Å²) in [4.78, 5) is 28.5. The number of benzene rings is 2. The second-order valence-electron chi connectivity index (χ2n) is 7.10. The maximum atomic E-state index is 12.9. The number of rotatable bonds is 2. The fourth-order valence-corrected chi connectivity index (χ4v) is 3.53. The van der Waals surface area contributed by atoms with Gasteiger partial charge in [0.05, 0.1) is 12.2 Å². The van der Waals surface area contributed by atoms with E-state index in [4.69, 9.17) is 9.47 Å². The van der Waals surface area contributed by atoms with Crippen LogP contribution < -0.4 is 4.74 Å². The third-order valence-corrected chi connectivity index (χ3v) is 5.15. The summed E-state index contributed by atoms with van der Waals surface area (Å²) in [5.41, 5.74) is 0.424. The molecule has 30 heavy (non-hydrogen) atoms. The molecule has 0 aromatic heterocycles. The Morgan fingerprint density at radius 3 is 2.13 bits per heavy atom. The number of halogens is 3. The van der Waals surface area contributed by atoms with Crippen molar-refractivity contribution in [2.75, 3.05) is 33.0 Å². The molecule has 2 aromatic carbocycles. The third-order valence-electron chi connectivity index (χ3n) is 5.15. The molecule has 0 bridgehead atoms. The highest BCUT2D eigenvalue weighted by atomic mass is 19.4. The van der Waals surface area contributed by atoms with E-state index in [2.05, 4.69) is 0 Å². The van der Waals surface area contributed by atoms with E-state index >= 15 is 0 Å². The summed E-state index contributed by atoms with van der Waals surface area (Å²) in [5.74, 6) is 0.0418. The van der Waals surface area contributed by atoms with E-state index in [0.29, 0.717) is 31.0 Å². The van der Waals surface area contributed by atoms with Gasteiger partial charge in [-0.3, -0.25) is 9.59 Å². The number of fused-ring (bicyclic) bond motifs is 1. The van der Waals surface area contributed by atoms with Gasteiger partial charge >= 0.3 is 6.18 Å². The third kappa shape index (κ3) is 4.11. The van der Waals surface area contributed by atoms with Crippen molar-refractivity contribution in [1.29, 1.82) is 0 Å². The van der Waals surface area contributed by atoms with E-state index in [9.17, 15) is 22.8 Å². The van der Waals surface area contributed by atoms with E-state index < -0.39 is 17.6 Å². The van der Waals surface area contributed by atoms with Crippen LogP contribution in [-0.2, 0) is 17.5 Å². The number of amides is 2. The summed E-state index contributed by atoms with van der Waals surface area (Å²) >= 11 is 0. The molecular formula is C21H19F3N2O4. The summed E-state index contributed by atoms with van der Waals surface area (Å²) < 4.78 is 49.3. The lowest BCUT2D eigenvalue weighted by molar-refractivity contribution is -0.137. The zero-order valence-electron chi connectivity index (χ0n) is 15.9. The summed E-state index contributed by atoms with van der Waals surface area (Å²) in [5, 5.41) is 0. The highest BCUT2D eigenvalue weighted by Gasteiger charge is 2.32. The fourth-order valence-electron chi connectivity index (χ4n) is 3.53. The number of hydrogen-bond acceptors (Lipinski definition) is 4. The molecule has 1 saturated heterocycles. The van der Waals surface area contributed by atoms with Crippen molar-refractivity contribution < 1.29 is 32.2 Å². The molecule has 158 valence electrons. The van der Waals surface area contributed by atoms with Crippen LogP contribution in [0, 0.1) is 0 Å². The summed E-state index contributed by atoms with van der Waals surface area (Å²) in [6.45, 7) is 1.65. The van der Waals surface area contributed by atoms with Crippen LogP contribution in [-0.4, -0.2) is 54.6 Å². The average Bonchev–Trinajstić information content (AvgIpc) is 2.77. The van der Waals surface area contributed by atoms with Crippen LogP contribution in [0.2, 0.25) is 0 Å². The quantitative estimate of drug-likeness (QED) is 0.749. The molecule has 0 aliphatic carbocycles. The highest BCUT2D eigenvalue weighted by Crippen LogP contribution is 2.30. The zero-order valence-corrected chi connectivity index (χ0v) is 15.9. The van der Waals surface area contributed by atoms with E-state index in [0.717, 1.165) is 17.7 Å². The number of carbonyl (C=O) groups excluding carboxylic acids is 2. The number of nitrogens with zero attached hydrogens (tertiary/aromatic N) is 2. The molecule has 0 spiro atoms. The number of alkyl halides is 3. The van der Waals surface area contributed by atoms with Gasteiger partial charge in [0.25, 0.3) is 11.8 Å². The van der Waals surface area contributed by atoms with Crippen molar-refractivity contribution in [3.05, 3.63) is 64.7 Å². The molecule has 6 nitrogen and oxygen atoms in total. The van der Waals surface area contributed by atoms with Crippen LogP contribution in [0.3, 0.4) is 0 Å². The smallest absolute Gasteiger partial charge is 0.416 e. The minimum absolute atomic E-state index is 0.0145. The second kappa shape index (κ2) is 7.98. The van der Waals surface area contributed by atoms with Gasteiger partial charge in [-0.05, 0) is 36.4 Å². The lowest BCUT2D eigenvalue weighted by Crippen LogP contribution is -2.50. The van der Waals surface area contributed by atoms with Gasteiger partial charge in [-0.1, -0.05) is 6.07 Å². The first-order valence-corrected chi connectivity index (χ1v) is 9.42. The van der Waals surface area contributed by atoms with E-state index in [1.54, 1.807) is 23.1 Å². The largest absolute Gasteiger partial charge is 0.467 e. The molecule has 9 heteroatoms. The molecule has 0 saturated carbocycles. The molecular weight excluding hydrogens is 401 g/mol. The standard InChI is InChI=1S/C21H19F3N2O4/c22-21(23,24)17-3-1-2-14(11-17)19(27)25-6-8-26(9-7-25)20(28)15-4-5-18-16(10-15)12-29-13-30-18/h1-5,10-11H,6-9,12-13H2. The Bertz CT molecular complexity index is 969. The van der Waals surface area contributed by atoms with Crippen LogP contribution in [0.1, 0.15) is 31.8 Å². The molecule has 2 aliphatic heterocycles. The molecule has 2 aliphatic rings. The maximum absolute atomic E-state index is 12.9. The monoisotopic (exact) mass is 420 g/mol. The first-order valence-electron chi connectivity index (χ1n) is 9.42. The maximum Gasteiger partial charge on any atom is 0.416 e. The lowest BCUT2D eigenvalue weighted by atomic mass is 10.1. The van der Waals surface area contributed by atoms with Crippen molar-refractivity contribution in [2.24, 2.45) is 0 Å². The van der Waals surface area contributed by atoms with Crippen molar-refractivity contribution >= 4 is 11.8 Å². The van der Waals surface area contributed by atoms with Crippen molar-refractivity contribution in [3.63, 3.8) is 0 Å². The van der Waals surface area contributed by atoms with Crippen LogP contribution in [0.5, 0.6) is 5.75 Å². The average molecular weight is 420 g/mol. The van der Waals surface area contributed by atoms with Crippen molar-refractivity contribution in [3.8, 4) is 5.75 Å². The molecule has 0 radical (unpaired) electrons. The van der Waals surface area contributed by atoms with Crippen molar-refractivity contribution in [1.82, 2.24) is 9.80 Å². The molecule has 0 unspecified atom stereocenters. The number of carbonyl (C=O) groups is 2. The van der Waals surface area contributed by atoms with Crippen LogP contribution in [0.25, 0.3) is 0 Å². The number of piperazine rings is 1. The second-order valence-corrected chi connectivity index (χ2v) is 7.10. The normalized spacial score (nSPS) is 16.6. The Hall–Kier alpha value is -3.07. The Labute approximate surface area is 170 Å². The number of ether oxygens (including phenoxy) is 2. The van der Waals surface area contributed by atoms with Crippen LogP contribution >= 0.6 is 0 Å². The minimum atomic E-state index is -4.51. The van der Waals surface area contributed by atoms with Gasteiger partial charge in [-0.2, -0.15) is 13.2 Å². The Morgan fingerprint density at radius 1 is 0.867 bits per heavy atom. The summed E-state index contributed by atoms with van der Waals surface area (Å²) in [7, 11) is 0. The molecule has 2 amide bonds. The van der Waals surface area contributed by atoms with E-state index in [1.165, 1.54) is 17.0 Å². The minimum Gasteiger partial charge on any atom is -0.467 e. The van der Waals surface area contributed by atoms with Crippen LogP contribution in [0.4, 0.5) is 13.2 Å². The van der Waals surface area contributed by atoms with Gasteiger partial charge in [0.2, 0.25) is 0 Å². The van der Waals surface area contributed by atoms with Gasteiger partial charge in [-0.15, -0.1) is 0 Å². The topological polar surface area (TPSA) is 59.1 Å². The first kappa shape index (κ1) is 20.2. The molecule has 0 N–H and O–H groups in total. The van der Waals surface area contributed by atoms with E-state index in [1.807, 2.05) is 0 Å². The van der Waals surface area contributed by atoms with Gasteiger partial charge in [0.1, 0.15) is 5.75 Å². The Balaban J connectivity index is 1.40. The molecule has 2 aromatic rings. The first-order chi connectivity index (χ1) is 14.3. The highest BCUT2D eigenvalue weighted by molar-refractivity contribution is 5.96. The van der Waals surface area contributed by atoms with Gasteiger partial charge in [-0.25, -0.2) is 0 Å². The van der Waals surface area contributed by atoms with Gasteiger partial charge < -0.3 is 19.3 Å². The Morgan fingerprint density at radius 2 is 1.50 bits per heavy atom. The summed E-state index contributed by atoms with van der Waals surface area (Å²) in [6, 6.07) is 9.53. The van der Waals surface area contributed by atoms with Gasteiger partial charge in [0.15, 0.2) is 6.79 Å². The lowest BCUT2D eigenvalue weighted by Gasteiger charge is -2.35. The van der Waals surface area contributed by atoms with Crippen LogP contribution in [0.15, 0.2) is 42.5 Å². The SMILES string of the molecule is O=C(c1cccc(C(F)(F)F)c1)N1CCN(C(=O)c2ccc3c(c2)COCO3)CC1. The van der Waals surface area contributed by atoms with Gasteiger partial charge in [0, 0.05) is 42.9 Å². The number of hydrogen-bond donors (Lipinski definition) is 0. The molecule has 0 atom stereocenters. The van der Waals surface area contributed by atoms with E-state index in [-0.39, 0.29) is 31.4 Å². The molecule has 2 heterocycles. The fraction of sp³-hybridized carbons (Fsp3) is 0.333. The summed E-state index contributed by atoms with van der Waals surface area (Å²) in [6.07, 6.45) is -4.51. The molecule has 4 rings (SSSR count).